The van der Waals surface area contributed by atoms with Gasteiger partial charge < -0.3 is 14.6 Å². The first kappa shape index (κ1) is 15.8. The molecule has 0 spiro atoms. The number of hydrogen-bond donors (Lipinski definition) is 2. The highest BCUT2D eigenvalue weighted by Crippen LogP contribution is 2.37. The number of rotatable bonds is 3. The van der Waals surface area contributed by atoms with Crippen molar-refractivity contribution in [2.45, 2.75) is 37.7 Å². The van der Waals surface area contributed by atoms with Crippen molar-refractivity contribution in [2.75, 3.05) is 0 Å². The SMILES string of the molecule is O=c1ccc(-c2nc(-c3ccc(C4(O)CCCCC4)cc3)no2)c[nH]1. The monoisotopic (exact) mass is 337 g/mol. The van der Waals surface area contributed by atoms with Gasteiger partial charge in [-0.25, -0.2) is 0 Å². The van der Waals surface area contributed by atoms with E-state index >= 15 is 0 Å². The maximum atomic E-state index is 11.1. The zero-order valence-corrected chi connectivity index (χ0v) is 13.7. The molecule has 0 aliphatic heterocycles. The second kappa shape index (κ2) is 6.29. The Balaban J connectivity index is 1.58. The topological polar surface area (TPSA) is 92.0 Å². The first-order valence-corrected chi connectivity index (χ1v) is 8.50. The zero-order valence-electron chi connectivity index (χ0n) is 13.7. The second-order valence-corrected chi connectivity index (χ2v) is 6.53. The van der Waals surface area contributed by atoms with E-state index in [1.54, 1.807) is 12.3 Å². The Morgan fingerprint density at radius 3 is 2.40 bits per heavy atom. The molecule has 0 unspecified atom stereocenters. The van der Waals surface area contributed by atoms with Crippen LogP contribution < -0.4 is 5.56 Å². The van der Waals surface area contributed by atoms with Crippen LogP contribution in [-0.2, 0) is 5.60 Å². The fraction of sp³-hybridized carbons (Fsp3) is 0.316. The molecule has 3 aromatic rings. The lowest BCUT2D eigenvalue weighted by Crippen LogP contribution is -2.28. The average Bonchev–Trinajstić information content (AvgIpc) is 3.13. The molecule has 128 valence electrons. The molecule has 0 radical (unpaired) electrons. The number of nitrogens with one attached hydrogen (secondary N) is 1. The molecule has 0 saturated heterocycles. The number of aliphatic hydroxyl groups is 1. The standard InChI is InChI=1S/C19H19N3O3/c23-16-9-6-14(12-20-16)18-21-17(22-25-18)13-4-7-15(8-5-13)19(24)10-2-1-3-11-19/h4-9,12,24H,1-3,10-11H2,(H,20,23). The van der Waals surface area contributed by atoms with Crippen LogP contribution >= 0.6 is 0 Å². The van der Waals surface area contributed by atoms with Gasteiger partial charge in [0.15, 0.2) is 0 Å². The van der Waals surface area contributed by atoms with E-state index in [1.807, 2.05) is 24.3 Å². The molecular formula is C19H19N3O3. The van der Waals surface area contributed by atoms with Crippen molar-refractivity contribution >= 4 is 0 Å². The van der Waals surface area contributed by atoms with Gasteiger partial charge >= 0.3 is 0 Å². The quantitative estimate of drug-likeness (QED) is 0.765. The van der Waals surface area contributed by atoms with Crippen LogP contribution in [0.15, 0.2) is 51.9 Å². The third-order valence-electron chi connectivity index (χ3n) is 4.82. The molecule has 1 saturated carbocycles. The number of hydrogen-bond acceptors (Lipinski definition) is 5. The highest BCUT2D eigenvalue weighted by Gasteiger charge is 2.30. The van der Waals surface area contributed by atoms with Crippen LogP contribution in [0.4, 0.5) is 0 Å². The first-order valence-electron chi connectivity index (χ1n) is 8.50. The fourth-order valence-corrected chi connectivity index (χ4v) is 3.36. The maximum absolute atomic E-state index is 11.1. The number of H-pyrrole nitrogens is 1. The van der Waals surface area contributed by atoms with E-state index < -0.39 is 5.60 Å². The van der Waals surface area contributed by atoms with Gasteiger partial charge in [-0.1, -0.05) is 48.7 Å². The minimum absolute atomic E-state index is 0.181. The van der Waals surface area contributed by atoms with E-state index in [-0.39, 0.29) is 5.56 Å². The molecule has 1 aliphatic carbocycles. The van der Waals surface area contributed by atoms with Gasteiger partial charge in [0.25, 0.3) is 5.89 Å². The van der Waals surface area contributed by atoms with Crippen molar-refractivity contribution in [1.82, 2.24) is 15.1 Å². The predicted octanol–water partition coefficient (Wildman–Crippen LogP) is 3.24. The lowest BCUT2D eigenvalue weighted by atomic mass is 9.79. The molecule has 2 aromatic heterocycles. The van der Waals surface area contributed by atoms with E-state index in [0.29, 0.717) is 17.3 Å². The smallest absolute Gasteiger partial charge is 0.259 e. The highest BCUT2D eigenvalue weighted by molar-refractivity contribution is 5.59. The van der Waals surface area contributed by atoms with Crippen LogP contribution in [0.1, 0.15) is 37.7 Å². The van der Waals surface area contributed by atoms with Gasteiger partial charge in [0.2, 0.25) is 11.4 Å². The molecule has 1 aromatic carbocycles. The molecule has 1 aliphatic rings. The van der Waals surface area contributed by atoms with Crippen molar-refractivity contribution < 1.29 is 9.63 Å². The van der Waals surface area contributed by atoms with Gasteiger partial charge in [-0.3, -0.25) is 4.79 Å². The van der Waals surface area contributed by atoms with Gasteiger partial charge in [0.1, 0.15) is 0 Å². The molecule has 4 rings (SSSR count). The molecule has 0 atom stereocenters. The Bertz CT molecular complexity index is 901. The van der Waals surface area contributed by atoms with Crippen LogP contribution in [0, 0.1) is 0 Å². The van der Waals surface area contributed by atoms with Gasteiger partial charge in [0, 0.05) is 17.8 Å². The van der Waals surface area contributed by atoms with E-state index in [1.165, 1.54) is 12.5 Å². The van der Waals surface area contributed by atoms with Crippen molar-refractivity contribution in [3.05, 3.63) is 58.5 Å². The van der Waals surface area contributed by atoms with E-state index in [4.69, 9.17) is 4.52 Å². The van der Waals surface area contributed by atoms with E-state index in [0.717, 1.165) is 36.8 Å². The first-order chi connectivity index (χ1) is 12.1. The van der Waals surface area contributed by atoms with Crippen molar-refractivity contribution in [2.24, 2.45) is 0 Å². The molecule has 0 amide bonds. The van der Waals surface area contributed by atoms with Crippen molar-refractivity contribution in [1.29, 1.82) is 0 Å². The Hall–Kier alpha value is -2.73. The fourth-order valence-electron chi connectivity index (χ4n) is 3.36. The Morgan fingerprint density at radius 2 is 1.72 bits per heavy atom. The summed E-state index contributed by atoms with van der Waals surface area (Å²) in [5.74, 6) is 0.824. The number of aromatic amines is 1. The maximum Gasteiger partial charge on any atom is 0.259 e. The molecule has 6 heteroatoms. The second-order valence-electron chi connectivity index (χ2n) is 6.53. The summed E-state index contributed by atoms with van der Waals surface area (Å²) in [5.41, 5.74) is 1.53. The van der Waals surface area contributed by atoms with Gasteiger partial charge in [-0.05, 0) is 24.5 Å². The molecule has 2 N–H and O–H groups in total. The number of pyridine rings is 1. The van der Waals surface area contributed by atoms with Crippen LogP contribution in [0.25, 0.3) is 22.8 Å². The average molecular weight is 337 g/mol. The molecule has 6 nitrogen and oxygen atoms in total. The molecule has 2 heterocycles. The van der Waals surface area contributed by atoms with Gasteiger partial charge in [-0.2, -0.15) is 4.98 Å². The van der Waals surface area contributed by atoms with E-state index in [9.17, 15) is 9.90 Å². The normalized spacial score (nSPS) is 16.7. The summed E-state index contributed by atoms with van der Waals surface area (Å²) in [6.45, 7) is 0. The van der Waals surface area contributed by atoms with Crippen molar-refractivity contribution in [3.63, 3.8) is 0 Å². The Kier molecular flexibility index (Phi) is 3.97. The summed E-state index contributed by atoms with van der Waals surface area (Å²) >= 11 is 0. The Morgan fingerprint density at radius 1 is 1.00 bits per heavy atom. The highest BCUT2D eigenvalue weighted by atomic mass is 16.5. The number of benzene rings is 1. The summed E-state index contributed by atoms with van der Waals surface area (Å²) in [5, 5.41) is 14.8. The predicted molar refractivity (Wildman–Crippen MR) is 92.8 cm³/mol. The minimum atomic E-state index is -0.713. The summed E-state index contributed by atoms with van der Waals surface area (Å²) in [4.78, 5) is 18.1. The summed E-state index contributed by atoms with van der Waals surface area (Å²) in [6.07, 6.45) is 6.48. The molecule has 25 heavy (non-hydrogen) atoms. The van der Waals surface area contributed by atoms with Crippen LogP contribution in [0.5, 0.6) is 0 Å². The van der Waals surface area contributed by atoms with E-state index in [2.05, 4.69) is 15.1 Å². The molecule has 0 bridgehead atoms. The van der Waals surface area contributed by atoms with Crippen LogP contribution in [0.3, 0.4) is 0 Å². The van der Waals surface area contributed by atoms with Crippen molar-refractivity contribution in [3.8, 4) is 22.8 Å². The third kappa shape index (κ3) is 3.13. The minimum Gasteiger partial charge on any atom is -0.385 e. The lowest BCUT2D eigenvalue weighted by Gasteiger charge is -2.32. The van der Waals surface area contributed by atoms with Gasteiger partial charge in [0.05, 0.1) is 11.2 Å². The summed E-state index contributed by atoms with van der Waals surface area (Å²) in [7, 11) is 0. The molecule has 1 fully saturated rings. The van der Waals surface area contributed by atoms with Gasteiger partial charge in [-0.15, -0.1) is 0 Å². The molecular weight excluding hydrogens is 318 g/mol. The summed E-state index contributed by atoms with van der Waals surface area (Å²) < 4.78 is 5.28. The number of aromatic nitrogens is 3. The summed E-state index contributed by atoms with van der Waals surface area (Å²) in [6, 6.07) is 10.7. The third-order valence-corrected chi connectivity index (χ3v) is 4.82. The zero-order chi connectivity index (χ0) is 17.3. The number of nitrogens with zero attached hydrogens (tertiary/aromatic N) is 2. The van der Waals surface area contributed by atoms with Crippen LogP contribution in [-0.4, -0.2) is 20.2 Å². The lowest BCUT2D eigenvalue weighted by molar-refractivity contribution is -0.000613. The largest absolute Gasteiger partial charge is 0.385 e. The Labute approximate surface area is 144 Å². The van der Waals surface area contributed by atoms with Crippen LogP contribution in [0.2, 0.25) is 0 Å².